The van der Waals surface area contributed by atoms with Crippen molar-refractivity contribution in [2.75, 3.05) is 39.4 Å². The van der Waals surface area contributed by atoms with Crippen LogP contribution in [0, 0.1) is 12.8 Å². The molecule has 0 spiro atoms. The van der Waals surface area contributed by atoms with Gasteiger partial charge in [0.25, 0.3) is 5.91 Å². The third-order valence-corrected chi connectivity index (χ3v) is 6.69. The van der Waals surface area contributed by atoms with Crippen LogP contribution in [-0.4, -0.2) is 76.3 Å². The maximum atomic E-state index is 13.1. The van der Waals surface area contributed by atoms with E-state index in [2.05, 4.69) is 15.1 Å². The molecule has 7 heteroatoms. The number of benzene rings is 1. The summed E-state index contributed by atoms with van der Waals surface area (Å²) in [5.74, 6) is 2.17. The van der Waals surface area contributed by atoms with Gasteiger partial charge in [-0.05, 0) is 31.9 Å². The fourth-order valence-corrected chi connectivity index (χ4v) is 5.23. The lowest BCUT2D eigenvalue weighted by Gasteiger charge is -2.33. The molecule has 0 aliphatic carbocycles. The van der Waals surface area contributed by atoms with Crippen LogP contribution in [0.1, 0.15) is 34.8 Å². The van der Waals surface area contributed by atoms with Gasteiger partial charge in [-0.15, -0.1) is 0 Å². The van der Waals surface area contributed by atoms with Crippen molar-refractivity contribution in [1.82, 2.24) is 25.0 Å². The largest absolute Gasteiger partial charge is 0.381 e. The topological polar surface area (TPSA) is 74.3 Å². The summed E-state index contributed by atoms with van der Waals surface area (Å²) in [4.78, 5) is 22.4. The molecule has 0 unspecified atom stereocenters. The number of likely N-dealkylation sites (tertiary alicyclic amines) is 2. The average Bonchev–Trinajstić information content (AvgIpc) is 3.41. The Labute approximate surface area is 165 Å². The van der Waals surface area contributed by atoms with E-state index in [1.54, 1.807) is 0 Å². The highest BCUT2D eigenvalue weighted by atomic mass is 16.5. The molecular weight excluding hydrogens is 354 g/mol. The summed E-state index contributed by atoms with van der Waals surface area (Å²) < 4.78 is 5.55. The van der Waals surface area contributed by atoms with Crippen molar-refractivity contribution in [3.8, 4) is 0 Å². The predicted molar refractivity (Wildman–Crippen MR) is 104 cm³/mol. The van der Waals surface area contributed by atoms with E-state index in [0.29, 0.717) is 18.5 Å². The lowest BCUT2D eigenvalue weighted by Crippen LogP contribution is -2.44. The third kappa shape index (κ3) is 2.93. The van der Waals surface area contributed by atoms with E-state index in [-0.39, 0.29) is 11.3 Å². The first-order valence-electron chi connectivity index (χ1n) is 10.2. The number of carbonyl (C=O) groups excluding carboxylic acids is 1. The lowest BCUT2D eigenvalue weighted by atomic mass is 9.80. The van der Waals surface area contributed by atoms with Crippen LogP contribution in [0.4, 0.5) is 0 Å². The molecule has 3 fully saturated rings. The third-order valence-electron chi connectivity index (χ3n) is 6.69. The van der Waals surface area contributed by atoms with E-state index in [1.165, 1.54) is 0 Å². The molecule has 3 aliphatic heterocycles. The number of aromatic nitrogens is 3. The number of amides is 1. The van der Waals surface area contributed by atoms with Gasteiger partial charge in [0.2, 0.25) is 0 Å². The number of nitrogens with zero attached hydrogens (tertiary/aromatic N) is 4. The Hall–Kier alpha value is -2.25. The van der Waals surface area contributed by atoms with Gasteiger partial charge in [0.05, 0.1) is 5.41 Å². The van der Waals surface area contributed by atoms with Crippen LogP contribution in [0.3, 0.4) is 0 Å². The number of fused-ring (bicyclic) bond motifs is 1. The summed E-state index contributed by atoms with van der Waals surface area (Å²) >= 11 is 0. The molecule has 28 heavy (non-hydrogen) atoms. The zero-order valence-electron chi connectivity index (χ0n) is 16.3. The molecular formula is C21H27N5O2. The quantitative estimate of drug-likeness (QED) is 0.875. The van der Waals surface area contributed by atoms with Crippen LogP contribution < -0.4 is 0 Å². The van der Waals surface area contributed by atoms with E-state index in [0.717, 1.165) is 62.9 Å². The van der Waals surface area contributed by atoms with Crippen molar-refractivity contribution in [2.45, 2.75) is 31.2 Å². The molecule has 2 atom stereocenters. The fraction of sp³-hybridized carbons (Fsp3) is 0.571. The van der Waals surface area contributed by atoms with E-state index in [9.17, 15) is 4.79 Å². The highest BCUT2D eigenvalue weighted by Gasteiger charge is 2.57. The van der Waals surface area contributed by atoms with Gasteiger partial charge in [0, 0.05) is 56.9 Å². The summed E-state index contributed by atoms with van der Waals surface area (Å²) in [6.45, 7) is 6.99. The van der Waals surface area contributed by atoms with Crippen molar-refractivity contribution in [1.29, 1.82) is 0 Å². The zero-order chi connectivity index (χ0) is 19.1. The van der Waals surface area contributed by atoms with Gasteiger partial charge in [0.1, 0.15) is 5.82 Å². The number of H-pyrrole nitrogens is 1. The van der Waals surface area contributed by atoms with E-state index >= 15 is 0 Å². The van der Waals surface area contributed by atoms with Crippen LogP contribution in [0.25, 0.3) is 0 Å². The summed E-state index contributed by atoms with van der Waals surface area (Å²) in [7, 11) is 0. The molecule has 1 aromatic heterocycles. The maximum Gasteiger partial charge on any atom is 0.253 e. The van der Waals surface area contributed by atoms with Crippen LogP contribution >= 0.6 is 0 Å². The first kappa shape index (κ1) is 17.8. The normalized spacial score (nSPS) is 28.6. The van der Waals surface area contributed by atoms with Crippen molar-refractivity contribution in [3.63, 3.8) is 0 Å². The first-order chi connectivity index (χ1) is 13.7. The highest BCUT2D eigenvalue weighted by molar-refractivity contribution is 5.94. The van der Waals surface area contributed by atoms with E-state index < -0.39 is 0 Å². The van der Waals surface area contributed by atoms with Crippen molar-refractivity contribution in [3.05, 3.63) is 47.5 Å². The smallest absolute Gasteiger partial charge is 0.253 e. The van der Waals surface area contributed by atoms with E-state index in [1.807, 2.05) is 42.2 Å². The molecule has 1 aromatic carbocycles. The Morgan fingerprint density at radius 2 is 1.96 bits per heavy atom. The molecule has 0 bridgehead atoms. The second-order valence-corrected chi connectivity index (χ2v) is 8.42. The van der Waals surface area contributed by atoms with Crippen molar-refractivity contribution >= 4 is 5.91 Å². The predicted octanol–water partition coefficient (Wildman–Crippen LogP) is 1.62. The minimum Gasteiger partial charge on any atom is -0.381 e. The summed E-state index contributed by atoms with van der Waals surface area (Å²) in [5.41, 5.74) is 0.568. The molecule has 4 heterocycles. The molecule has 3 aliphatic rings. The van der Waals surface area contributed by atoms with Gasteiger partial charge in [-0.1, -0.05) is 18.2 Å². The van der Waals surface area contributed by atoms with Crippen LogP contribution in [0.2, 0.25) is 0 Å². The highest BCUT2D eigenvalue weighted by Crippen LogP contribution is 2.45. The van der Waals surface area contributed by atoms with Gasteiger partial charge in [0.15, 0.2) is 5.82 Å². The lowest BCUT2D eigenvalue weighted by molar-refractivity contribution is 0.0374. The second-order valence-electron chi connectivity index (χ2n) is 8.42. The monoisotopic (exact) mass is 381 g/mol. The molecule has 0 saturated carbocycles. The Balaban J connectivity index is 1.42. The SMILES string of the molecule is Cc1nc([C@]23CN(C(=O)c4ccccc4)C[C@H]2CN(C2CCOCC2)C3)n[nH]1. The zero-order valence-corrected chi connectivity index (χ0v) is 16.3. The summed E-state index contributed by atoms with van der Waals surface area (Å²) in [5, 5.41) is 7.57. The number of ether oxygens (including phenoxy) is 1. The minimum absolute atomic E-state index is 0.110. The molecule has 3 saturated heterocycles. The van der Waals surface area contributed by atoms with Gasteiger partial charge in [-0.2, -0.15) is 5.10 Å². The number of aromatic amines is 1. The number of rotatable bonds is 3. The molecule has 2 aromatic rings. The molecule has 5 rings (SSSR count). The summed E-state index contributed by atoms with van der Waals surface area (Å²) in [6.07, 6.45) is 2.17. The van der Waals surface area contributed by atoms with Crippen LogP contribution in [-0.2, 0) is 10.2 Å². The average molecular weight is 381 g/mol. The molecule has 1 N–H and O–H groups in total. The van der Waals surface area contributed by atoms with E-state index in [4.69, 9.17) is 9.72 Å². The number of hydrogen-bond donors (Lipinski definition) is 1. The van der Waals surface area contributed by atoms with Gasteiger partial charge >= 0.3 is 0 Å². The van der Waals surface area contributed by atoms with Crippen molar-refractivity contribution < 1.29 is 9.53 Å². The maximum absolute atomic E-state index is 13.1. The van der Waals surface area contributed by atoms with Crippen molar-refractivity contribution in [2.24, 2.45) is 5.92 Å². The standard InChI is InChI=1S/C21H27N5O2/c1-15-22-20(24-23-15)21-13-25(18-7-9-28-10-8-18)11-17(21)12-26(14-21)19(27)16-5-3-2-4-6-16/h2-6,17-18H,7-14H2,1H3,(H,22,23,24)/t17-,21-/m1/s1. The Bertz CT molecular complexity index is 847. The number of aryl methyl sites for hydroxylation is 1. The summed E-state index contributed by atoms with van der Waals surface area (Å²) in [6, 6.07) is 10.1. The molecule has 148 valence electrons. The first-order valence-corrected chi connectivity index (χ1v) is 10.2. The number of carbonyl (C=O) groups is 1. The molecule has 7 nitrogen and oxygen atoms in total. The molecule has 1 amide bonds. The van der Waals surface area contributed by atoms with Gasteiger partial charge < -0.3 is 9.64 Å². The Morgan fingerprint density at radius 3 is 2.68 bits per heavy atom. The molecule has 0 radical (unpaired) electrons. The van der Waals surface area contributed by atoms with Gasteiger partial charge in [-0.3, -0.25) is 14.8 Å². The minimum atomic E-state index is -0.187. The van der Waals surface area contributed by atoms with Crippen LogP contribution in [0.15, 0.2) is 30.3 Å². The second kappa shape index (κ2) is 6.97. The number of nitrogens with one attached hydrogen (secondary N) is 1. The van der Waals surface area contributed by atoms with Gasteiger partial charge in [-0.25, -0.2) is 4.98 Å². The van der Waals surface area contributed by atoms with Crippen LogP contribution in [0.5, 0.6) is 0 Å². The Morgan fingerprint density at radius 1 is 1.18 bits per heavy atom. The Kier molecular flexibility index (Phi) is 4.44. The number of hydrogen-bond acceptors (Lipinski definition) is 5. The fourth-order valence-electron chi connectivity index (χ4n) is 5.23.